The van der Waals surface area contributed by atoms with Crippen molar-refractivity contribution < 1.29 is 0 Å². The number of halogens is 3. The molecule has 0 N–H and O–H groups in total. The van der Waals surface area contributed by atoms with Gasteiger partial charge in [0.2, 0.25) is 0 Å². The van der Waals surface area contributed by atoms with Crippen LogP contribution in [0.1, 0.15) is 31.2 Å². The highest BCUT2D eigenvalue weighted by molar-refractivity contribution is 6.42. The van der Waals surface area contributed by atoms with Crippen LogP contribution in [0, 0.1) is 5.92 Å². The molecule has 1 aromatic carbocycles. The van der Waals surface area contributed by atoms with E-state index in [9.17, 15) is 0 Å². The van der Waals surface area contributed by atoms with Crippen molar-refractivity contribution in [2.75, 3.05) is 0 Å². The van der Waals surface area contributed by atoms with Crippen molar-refractivity contribution in [1.29, 1.82) is 0 Å². The summed E-state index contributed by atoms with van der Waals surface area (Å²) in [6, 6.07) is 5.78. The largest absolute Gasteiger partial charge is 0.122 e. The molecule has 1 unspecified atom stereocenters. The van der Waals surface area contributed by atoms with Gasteiger partial charge in [0.05, 0.1) is 10.0 Å². The molecule has 0 aliphatic heterocycles. The second-order valence-electron chi connectivity index (χ2n) is 4.51. The lowest BCUT2D eigenvalue weighted by molar-refractivity contribution is 0.512. The van der Waals surface area contributed by atoms with Gasteiger partial charge in [-0.3, -0.25) is 0 Å². The van der Waals surface area contributed by atoms with Crippen molar-refractivity contribution in [3.8, 4) is 0 Å². The minimum Gasteiger partial charge on any atom is -0.122 e. The Balaban J connectivity index is 1.99. The van der Waals surface area contributed by atoms with Crippen LogP contribution >= 0.6 is 34.8 Å². The maximum absolute atomic E-state index is 6.44. The Labute approximate surface area is 112 Å². The van der Waals surface area contributed by atoms with Gasteiger partial charge >= 0.3 is 0 Å². The summed E-state index contributed by atoms with van der Waals surface area (Å²) in [5.74, 6) is 0.677. The Hall–Kier alpha value is 0.0900. The van der Waals surface area contributed by atoms with Gasteiger partial charge in [0.1, 0.15) is 0 Å². The fourth-order valence-electron chi connectivity index (χ4n) is 2.38. The van der Waals surface area contributed by atoms with E-state index in [-0.39, 0.29) is 5.38 Å². The Morgan fingerprint density at radius 1 is 1.12 bits per heavy atom. The fourth-order valence-corrected chi connectivity index (χ4v) is 3.13. The normalized spacial score (nSPS) is 18.9. The van der Waals surface area contributed by atoms with Crippen LogP contribution < -0.4 is 0 Å². The summed E-state index contributed by atoms with van der Waals surface area (Å²) in [5, 5.41) is 1.46. The molecule has 0 saturated heterocycles. The second-order valence-corrected chi connectivity index (χ2v) is 5.89. The molecule has 0 nitrogen and oxygen atoms in total. The zero-order valence-electron chi connectivity index (χ0n) is 9.06. The van der Waals surface area contributed by atoms with Crippen molar-refractivity contribution in [3.63, 3.8) is 0 Å². The van der Waals surface area contributed by atoms with Gasteiger partial charge in [-0.05, 0) is 42.9 Å². The molecule has 2 rings (SSSR count). The van der Waals surface area contributed by atoms with E-state index in [1.165, 1.54) is 31.2 Å². The van der Waals surface area contributed by atoms with E-state index in [1.807, 2.05) is 18.2 Å². The SMILES string of the molecule is Clc1ccc(CC(Cl)C2CCCC2)cc1Cl. The fraction of sp³-hybridized carbons (Fsp3) is 0.538. The Morgan fingerprint density at radius 3 is 2.44 bits per heavy atom. The average Bonchev–Trinajstić information content (AvgIpc) is 2.77. The maximum atomic E-state index is 6.44. The van der Waals surface area contributed by atoms with E-state index >= 15 is 0 Å². The number of benzene rings is 1. The van der Waals surface area contributed by atoms with E-state index in [0.29, 0.717) is 16.0 Å². The summed E-state index contributed by atoms with van der Waals surface area (Å²) in [7, 11) is 0. The molecule has 1 atom stereocenters. The quantitative estimate of drug-likeness (QED) is 0.655. The van der Waals surface area contributed by atoms with Crippen LogP contribution in [0.15, 0.2) is 18.2 Å². The highest BCUT2D eigenvalue weighted by Gasteiger charge is 2.23. The third kappa shape index (κ3) is 3.06. The standard InChI is InChI=1S/C13H15Cl3/c14-11-6-5-9(8-13(11)16)7-12(15)10-3-1-2-4-10/h5-6,8,10,12H,1-4,7H2. The first-order valence-corrected chi connectivity index (χ1v) is 6.94. The molecule has 0 spiro atoms. The van der Waals surface area contributed by atoms with Crippen LogP contribution in [-0.4, -0.2) is 5.38 Å². The van der Waals surface area contributed by atoms with Crippen molar-refractivity contribution >= 4 is 34.8 Å². The number of rotatable bonds is 3. The first kappa shape index (κ1) is 12.5. The Morgan fingerprint density at radius 2 is 1.81 bits per heavy atom. The topological polar surface area (TPSA) is 0 Å². The highest BCUT2D eigenvalue weighted by Crippen LogP contribution is 2.33. The monoisotopic (exact) mass is 276 g/mol. The Bertz CT molecular complexity index is 356. The van der Waals surface area contributed by atoms with E-state index in [0.717, 1.165) is 6.42 Å². The van der Waals surface area contributed by atoms with Crippen LogP contribution in [-0.2, 0) is 6.42 Å². The van der Waals surface area contributed by atoms with Gasteiger partial charge in [0.15, 0.2) is 0 Å². The van der Waals surface area contributed by atoms with E-state index in [2.05, 4.69) is 0 Å². The molecule has 1 aliphatic rings. The van der Waals surface area contributed by atoms with Crippen LogP contribution in [0.3, 0.4) is 0 Å². The molecule has 0 heterocycles. The van der Waals surface area contributed by atoms with Gasteiger partial charge in [-0.1, -0.05) is 42.1 Å². The molecular weight excluding hydrogens is 263 g/mol. The van der Waals surface area contributed by atoms with Gasteiger partial charge < -0.3 is 0 Å². The minimum atomic E-state index is 0.236. The highest BCUT2D eigenvalue weighted by atomic mass is 35.5. The summed E-state index contributed by atoms with van der Waals surface area (Å²) in [5.41, 5.74) is 1.18. The van der Waals surface area contributed by atoms with Gasteiger partial charge in [-0.25, -0.2) is 0 Å². The van der Waals surface area contributed by atoms with E-state index in [4.69, 9.17) is 34.8 Å². The maximum Gasteiger partial charge on any atom is 0.0595 e. The van der Waals surface area contributed by atoms with Crippen LogP contribution in [0.2, 0.25) is 10.0 Å². The molecule has 1 aliphatic carbocycles. The molecule has 1 fully saturated rings. The van der Waals surface area contributed by atoms with Crippen LogP contribution in [0.25, 0.3) is 0 Å². The number of alkyl halides is 1. The van der Waals surface area contributed by atoms with Crippen molar-refractivity contribution in [2.24, 2.45) is 5.92 Å². The molecule has 0 bridgehead atoms. The average molecular weight is 278 g/mol. The summed E-state index contributed by atoms with van der Waals surface area (Å²) >= 11 is 18.3. The summed E-state index contributed by atoms with van der Waals surface area (Å²) in [6.45, 7) is 0. The lowest BCUT2D eigenvalue weighted by Gasteiger charge is -2.16. The van der Waals surface area contributed by atoms with Crippen LogP contribution in [0.5, 0.6) is 0 Å². The summed E-state index contributed by atoms with van der Waals surface area (Å²) in [4.78, 5) is 0. The molecule has 16 heavy (non-hydrogen) atoms. The summed E-state index contributed by atoms with van der Waals surface area (Å²) in [6.07, 6.45) is 6.10. The van der Waals surface area contributed by atoms with Gasteiger partial charge in [0, 0.05) is 5.38 Å². The van der Waals surface area contributed by atoms with Crippen molar-refractivity contribution in [1.82, 2.24) is 0 Å². The molecule has 0 amide bonds. The molecule has 88 valence electrons. The molecule has 0 aromatic heterocycles. The lowest BCUT2D eigenvalue weighted by atomic mass is 9.97. The predicted molar refractivity (Wildman–Crippen MR) is 71.8 cm³/mol. The van der Waals surface area contributed by atoms with E-state index in [1.54, 1.807) is 0 Å². The third-order valence-corrected chi connectivity index (χ3v) is 4.58. The van der Waals surface area contributed by atoms with Gasteiger partial charge in [0.25, 0.3) is 0 Å². The van der Waals surface area contributed by atoms with Crippen LogP contribution in [0.4, 0.5) is 0 Å². The van der Waals surface area contributed by atoms with E-state index < -0.39 is 0 Å². The molecule has 1 aromatic rings. The predicted octanol–water partition coefficient (Wildman–Crippen LogP) is 5.33. The molecule has 3 heteroatoms. The van der Waals surface area contributed by atoms with Crippen molar-refractivity contribution in [2.45, 2.75) is 37.5 Å². The molecular formula is C13H15Cl3. The third-order valence-electron chi connectivity index (χ3n) is 3.33. The number of hydrogen-bond acceptors (Lipinski definition) is 0. The smallest absolute Gasteiger partial charge is 0.0595 e. The number of hydrogen-bond donors (Lipinski definition) is 0. The summed E-state index contributed by atoms with van der Waals surface area (Å²) < 4.78 is 0. The second kappa shape index (κ2) is 5.62. The zero-order valence-corrected chi connectivity index (χ0v) is 11.3. The molecule has 0 radical (unpaired) electrons. The first-order chi connectivity index (χ1) is 7.66. The van der Waals surface area contributed by atoms with Gasteiger partial charge in [-0.2, -0.15) is 0 Å². The van der Waals surface area contributed by atoms with Gasteiger partial charge in [-0.15, -0.1) is 11.6 Å². The minimum absolute atomic E-state index is 0.236. The zero-order chi connectivity index (χ0) is 11.5. The Kier molecular flexibility index (Phi) is 4.41. The first-order valence-electron chi connectivity index (χ1n) is 5.75. The van der Waals surface area contributed by atoms with Crippen molar-refractivity contribution in [3.05, 3.63) is 33.8 Å². The lowest BCUT2D eigenvalue weighted by Crippen LogP contribution is -2.14. The molecule has 1 saturated carbocycles.